The second kappa shape index (κ2) is 4.24. The lowest BCUT2D eigenvalue weighted by Gasteiger charge is -2.44. The van der Waals surface area contributed by atoms with Crippen molar-refractivity contribution in [3.63, 3.8) is 0 Å². The van der Waals surface area contributed by atoms with E-state index in [1.807, 2.05) is 34.6 Å². The van der Waals surface area contributed by atoms with Gasteiger partial charge < -0.3 is 14.7 Å². The lowest BCUT2D eigenvalue weighted by atomic mass is 9.89. The number of β-amino-alcohol motifs (C(OH)–C–C–N with tert-alkyl or cyclic N) is 1. The van der Waals surface area contributed by atoms with E-state index < -0.39 is 11.7 Å². The van der Waals surface area contributed by atoms with E-state index in [0.29, 0.717) is 6.54 Å². The van der Waals surface area contributed by atoms with Gasteiger partial charge in [-0.2, -0.15) is 0 Å². The Morgan fingerprint density at radius 3 is 2.50 bits per heavy atom. The molecule has 1 amide bonds. The van der Waals surface area contributed by atoms with Gasteiger partial charge in [0.15, 0.2) is 0 Å². The summed E-state index contributed by atoms with van der Waals surface area (Å²) in [5, 5.41) is 9.61. The second-order valence-electron chi connectivity index (χ2n) is 6.10. The van der Waals surface area contributed by atoms with Crippen LogP contribution in [-0.2, 0) is 4.74 Å². The average molecular weight is 229 g/mol. The Balaban J connectivity index is 2.72. The normalized spacial score (nSPS) is 25.4. The predicted molar refractivity (Wildman–Crippen MR) is 62.3 cm³/mol. The molecule has 1 saturated heterocycles. The minimum atomic E-state index is -0.491. The summed E-state index contributed by atoms with van der Waals surface area (Å²) in [5.74, 6) is 0. The summed E-state index contributed by atoms with van der Waals surface area (Å²) in [6, 6.07) is 0. The van der Waals surface area contributed by atoms with E-state index in [-0.39, 0.29) is 11.6 Å². The zero-order chi connectivity index (χ0) is 12.6. The van der Waals surface area contributed by atoms with Gasteiger partial charge in [0.25, 0.3) is 0 Å². The van der Waals surface area contributed by atoms with Crippen molar-refractivity contribution < 1.29 is 14.6 Å². The van der Waals surface area contributed by atoms with Crippen LogP contribution in [-0.4, -0.2) is 39.9 Å². The molecule has 1 atom stereocenters. The van der Waals surface area contributed by atoms with Gasteiger partial charge in [-0.1, -0.05) is 0 Å². The minimum absolute atomic E-state index is 0.235. The number of hydrogen-bond acceptors (Lipinski definition) is 3. The molecular formula is C12H23NO3. The minimum Gasteiger partial charge on any atom is -0.444 e. The van der Waals surface area contributed by atoms with Gasteiger partial charge in [-0.05, 0) is 47.5 Å². The third-order valence-electron chi connectivity index (χ3n) is 2.83. The highest BCUT2D eigenvalue weighted by Gasteiger charge is 2.38. The number of likely N-dealkylation sites (tertiary alicyclic amines) is 1. The highest BCUT2D eigenvalue weighted by Crippen LogP contribution is 2.29. The third kappa shape index (κ3) is 3.37. The number of ether oxygens (including phenoxy) is 1. The molecule has 0 aromatic carbocycles. The van der Waals surface area contributed by atoms with Gasteiger partial charge in [0.05, 0.1) is 12.6 Å². The van der Waals surface area contributed by atoms with Crippen molar-refractivity contribution in [3.8, 4) is 0 Å². The van der Waals surface area contributed by atoms with Crippen molar-refractivity contribution >= 4 is 6.09 Å². The highest BCUT2D eigenvalue weighted by atomic mass is 16.6. The van der Waals surface area contributed by atoms with Crippen LogP contribution < -0.4 is 0 Å². The van der Waals surface area contributed by atoms with E-state index in [1.54, 1.807) is 4.90 Å². The van der Waals surface area contributed by atoms with E-state index in [1.165, 1.54) is 0 Å². The molecule has 1 fully saturated rings. The summed E-state index contributed by atoms with van der Waals surface area (Å²) in [7, 11) is 0. The lowest BCUT2D eigenvalue weighted by Crippen LogP contribution is -2.55. The first-order chi connectivity index (χ1) is 7.12. The number of carbonyl (C=O) groups excluding carboxylic acids is 1. The maximum absolute atomic E-state index is 12.0. The zero-order valence-corrected chi connectivity index (χ0v) is 10.9. The van der Waals surface area contributed by atoms with E-state index >= 15 is 0 Å². The van der Waals surface area contributed by atoms with Gasteiger partial charge in [-0.3, -0.25) is 0 Å². The van der Waals surface area contributed by atoms with Gasteiger partial charge >= 0.3 is 6.09 Å². The first-order valence-corrected chi connectivity index (χ1v) is 5.80. The smallest absolute Gasteiger partial charge is 0.410 e. The summed E-state index contributed by atoms with van der Waals surface area (Å²) >= 11 is 0. The Morgan fingerprint density at radius 2 is 2.00 bits per heavy atom. The maximum atomic E-state index is 12.0. The lowest BCUT2D eigenvalue weighted by molar-refractivity contribution is -0.0339. The summed E-state index contributed by atoms with van der Waals surface area (Å²) in [4.78, 5) is 13.6. The Kier molecular flexibility index (Phi) is 3.53. The van der Waals surface area contributed by atoms with Crippen LogP contribution in [0.4, 0.5) is 4.79 Å². The van der Waals surface area contributed by atoms with Crippen molar-refractivity contribution in [2.24, 2.45) is 0 Å². The molecule has 0 saturated carbocycles. The number of hydrogen-bond donors (Lipinski definition) is 1. The molecule has 1 rings (SSSR count). The first kappa shape index (κ1) is 13.3. The van der Waals surface area contributed by atoms with Crippen molar-refractivity contribution in [1.82, 2.24) is 4.90 Å². The van der Waals surface area contributed by atoms with E-state index in [2.05, 4.69) is 0 Å². The van der Waals surface area contributed by atoms with Crippen LogP contribution in [0.2, 0.25) is 0 Å². The predicted octanol–water partition coefficient (Wildman–Crippen LogP) is 2.16. The fourth-order valence-electron chi connectivity index (χ4n) is 1.84. The van der Waals surface area contributed by atoms with E-state index in [0.717, 1.165) is 12.8 Å². The van der Waals surface area contributed by atoms with E-state index in [9.17, 15) is 9.90 Å². The fraction of sp³-hybridized carbons (Fsp3) is 0.917. The molecule has 1 aliphatic heterocycles. The highest BCUT2D eigenvalue weighted by molar-refractivity contribution is 5.69. The Hall–Kier alpha value is -0.770. The number of rotatable bonds is 0. The summed E-state index contributed by atoms with van der Waals surface area (Å²) in [5.41, 5.74) is -0.725. The van der Waals surface area contributed by atoms with Gasteiger partial charge in [0.1, 0.15) is 5.60 Å². The molecule has 0 radical (unpaired) electrons. The summed E-state index contributed by atoms with van der Waals surface area (Å²) in [6.07, 6.45) is 0.775. The van der Waals surface area contributed by atoms with Crippen LogP contribution in [0.3, 0.4) is 0 Å². The van der Waals surface area contributed by atoms with Gasteiger partial charge in [0.2, 0.25) is 0 Å². The van der Waals surface area contributed by atoms with Gasteiger partial charge in [0, 0.05) is 5.54 Å². The molecule has 94 valence electrons. The van der Waals surface area contributed by atoms with E-state index in [4.69, 9.17) is 4.74 Å². The molecule has 0 aliphatic carbocycles. The molecule has 1 heterocycles. The van der Waals surface area contributed by atoms with Crippen LogP contribution >= 0.6 is 0 Å². The van der Waals surface area contributed by atoms with Gasteiger partial charge in [-0.25, -0.2) is 4.79 Å². The molecule has 1 N–H and O–H groups in total. The van der Waals surface area contributed by atoms with Crippen LogP contribution in [0.5, 0.6) is 0 Å². The Labute approximate surface area is 97.6 Å². The maximum Gasteiger partial charge on any atom is 0.410 e. The first-order valence-electron chi connectivity index (χ1n) is 5.80. The number of piperidine rings is 1. The van der Waals surface area contributed by atoms with Crippen LogP contribution in [0, 0.1) is 0 Å². The van der Waals surface area contributed by atoms with Crippen LogP contribution in [0.1, 0.15) is 47.5 Å². The third-order valence-corrected chi connectivity index (χ3v) is 2.83. The molecule has 4 heteroatoms. The molecular weight excluding hydrogens is 206 g/mol. The molecule has 0 spiro atoms. The number of carbonyl (C=O) groups is 1. The number of nitrogens with zero attached hydrogens (tertiary/aromatic N) is 1. The SMILES string of the molecule is CC(C)(C)OC(=O)N1C[C@H](O)CCC1(C)C. The topological polar surface area (TPSA) is 49.8 Å². The Bertz CT molecular complexity index is 268. The largest absolute Gasteiger partial charge is 0.444 e. The van der Waals surface area contributed by atoms with Crippen molar-refractivity contribution in [2.75, 3.05) is 6.54 Å². The van der Waals surface area contributed by atoms with Gasteiger partial charge in [-0.15, -0.1) is 0 Å². The second-order valence-corrected chi connectivity index (χ2v) is 6.10. The number of aliphatic hydroxyl groups excluding tert-OH is 1. The summed E-state index contributed by atoms with van der Waals surface area (Å²) < 4.78 is 5.34. The fourth-order valence-corrected chi connectivity index (χ4v) is 1.84. The van der Waals surface area contributed by atoms with Crippen molar-refractivity contribution in [1.29, 1.82) is 0 Å². The average Bonchev–Trinajstić information content (AvgIpc) is 2.06. The number of aliphatic hydroxyl groups is 1. The van der Waals surface area contributed by atoms with Crippen LogP contribution in [0.25, 0.3) is 0 Å². The number of amides is 1. The van der Waals surface area contributed by atoms with Crippen LogP contribution in [0.15, 0.2) is 0 Å². The summed E-state index contributed by atoms with van der Waals surface area (Å²) in [6.45, 7) is 9.91. The monoisotopic (exact) mass is 229 g/mol. The molecule has 16 heavy (non-hydrogen) atoms. The molecule has 4 nitrogen and oxygen atoms in total. The van der Waals surface area contributed by atoms with Crippen molar-refractivity contribution in [2.45, 2.75) is 64.7 Å². The quantitative estimate of drug-likeness (QED) is 0.692. The zero-order valence-electron chi connectivity index (χ0n) is 10.9. The molecule has 0 aromatic rings. The van der Waals surface area contributed by atoms with Crippen molar-refractivity contribution in [3.05, 3.63) is 0 Å². The molecule has 0 unspecified atom stereocenters. The Morgan fingerprint density at radius 1 is 1.44 bits per heavy atom. The molecule has 0 aromatic heterocycles. The molecule has 1 aliphatic rings. The molecule has 0 bridgehead atoms. The standard InChI is InChI=1S/C12H23NO3/c1-11(2,3)16-10(15)13-8-9(14)6-7-12(13,4)5/h9,14H,6-8H2,1-5H3/t9-/m1/s1.